The molecule has 0 unspecified atom stereocenters. The summed E-state index contributed by atoms with van der Waals surface area (Å²) in [4.78, 5) is 48.4. The maximum absolute atomic E-state index is 14.1. The molecule has 4 aromatic rings. The number of piperidine rings is 1. The van der Waals surface area contributed by atoms with Crippen molar-refractivity contribution in [3.63, 3.8) is 0 Å². The number of fused-ring (bicyclic) bond motifs is 5. The van der Waals surface area contributed by atoms with Crippen LogP contribution >= 0.6 is 0 Å². The molecular formula is C32H36N4O5. The van der Waals surface area contributed by atoms with E-state index < -0.39 is 17.4 Å². The van der Waals surface area contributed by atoms with Crippen LogP contribution in [0.4, 0.5) is 0 Å². The van der Waals surface area contributed by atoms with Crippen molar-refractivity contribution in [3.8, 4) is 11.3 Å². The van der Waals surface area contributed by atoms with Crippen LogP contribution in [0.25, 0.3) is 22.2 Å². The molecule has 3 atom stereocenters. The van der Waals surface area contributed by atoms with Gasteiger partial charge < -0.3 is 28.9 Å². The number of H-pyrrole nitrogens is 1. The standard InChI is InChI=1S/C32H36N4O5/c1-4-35(5-2)31(39)25-16-21(18-28(37)33-19-22-8-6-14-40-22)30(38)36-13-12-24-23-11-10-20(27-9-7-15-41-27)17-26(23)34-29(24)32(25,36)3/h6-11,14-15,17,21,25,34H,4-5,12-13,16,18-19H2,1-3H3,(H,33,37)/t21-,25-,32+/m1/s1. The topological polar surface area (TPSA) is 112 Å². The van der Waals surface area contributed by atoms with Crippen LogP contribution < -0.4 is 5.32 Å². The summed E-state index contributed by atoms with van der Waals surface area (Å²) in [5.41, 5.74) is 3.10. The van der Waals surface area contributed by atoms with E-state index in [9.17, 15) is 14.4 Å². The molecule has 0 radical (unpaired) electrons. The number of nitrogens with one attached hydrogen (secondary N) is 2. The van der Waals surface area contributed by atoms with Gasteiger partial charge in [-0.2, -0.15) is 0 Å². The first kappa shape index (κ1) is 26.9. The molecule has 214 valence electrons. The van der Waals surface area contributed by atoms with Gasteiger partial charge in [0.2, 0.25) is 17.7 Å². The van der Waals surface area contributed by atoms with Crippen molar-refractivity contribution in [2.45, 2.75) is 52.1 Å². The lowest BCUT2D eigenvalue weighted by molar-refractivity contribution is -0.164. The number of aromatic nitrogens is 1. The zero-order valence-corrected chi connectivity index (χ0v) is 23.7. The van der Waals surface area contributed by atoms with E-state index in [1.54, 1.807) is 24.7 Å². The van der Waals surface area contributed by atoms with Crippen molar-refractivity contribution in [3.05, 3.63) is 72.0 Å². The number of hydrogen-bond acceptors (Lipinski definition) is 5. The van der Waals surface area contributed by atoms with Crippen LogP contribution in [0.2, 0.25) is 0 Å². The number of amides is 3. The molecule has 2 aliphatic rings. The Kier molecular flexibility index (Phi) is 6.97. The average Bonchev–Trinajstić information content (AvgIpc) is 3.75. The third-order valence-corrected chi connectivity index (χ3v) is 9.02. The monoisotopic (exact) mass is 556 g/mol. The molecule has 0 spiro atoms. The van der Waals surface area contributed by atoms with Gasteiger partial charge in [0.05, 0.1) is 30.5 Å². The number of benzene rings is 1. The number of hydrogen-bond donors (Lipinski definition) is 2. The van der Waals surface area contributed by atoms with Gasteiger partial charge in [0.25, 0.3) is 0 Å². The Labute approximate surface area is 238 Å². The first-order valence-electron chi connectivity index (χ1n) is 14.4. The Bertz CT molecular complexity index is 1570. The highest BCUT2D eigenvalue weighted by molar-refractivity contribution is 5.93. The molecule has 2 aliphatic heterocycles. The molecule has 1 aromatic carbocycles. The van der Waals surface area contributed by atoms with E-state index in [0.717, 1.165) is 33.5 Å². The van der Waals surface area contributed by atoms with Gasteiger partial charge in [-0.25, -0.2) is 0 Å². The predicted molar refractivity (Wildman–Crippen MR) is 153 cm³/mol. The van der Waals surface area contributed by atoms with Crippen LogP contribution in [-0.4, -0.2) is 52.1 Å². The maximum Gasteiger partial charge on any atom is 0.228 e. The van der Waals surface area contributed by atoms with E-state index in [4.69, 9.17) is 8.83 Å². The fourth-order valence-electron chi connectivity index (χ4n) is 6.83. The third-order valence-electron chi connectivity index (χ3n) is 9.02. The fourth-order valence-corrected chi connectivity index (χ4v) is 6.83. The van der Waals surface area contributed by atoms with Gasteiger partial charge in [-0.05, 0) is 69.5 Å². The van der Waals surface area contributed by atoms with Crippen LogP contribution in [0.15, 0.2) is 63.8 Å². The van der Waals surface area contributed by atoms with E-state index in [1.165, 1.54) is 0 Å². The summed E-state index contributed by atoms with van der Waals surface area (Å²) < 4.78 is 10.9. The van der Waals surface area contributed by atoms with Crippen molar-refractivity contribution in [2.24, 2.45) is 11.8 Å². The highest BCUT2D eigenvalue weighted by Gasteiger charge is 2.57. The Hall–Kier alpha value is -4.27. The van der Waals surface area contributed by atoms with Crippen LogP contribution in [0, 0.1) is 11.8 Å². The average molecular weight is 557 g/mol. The summed E-state index contributed by atoms with van der Waals surface area (Å²) in [6, 6.07) is 13.6. The minimum Gasteiger partial charge on any atom is -0.467 e. The van der Waals surface area contributed by atoms with Gasteiger partial charge >= 0.3 is 0 Å². The minimum absolute atomic E-state index is 0.0128. The van der Waals surface area contributed by atoms with Crippen molar-refractivity contribution in [1.82, 2.24) is 20.1 Å². The van der Waals surface area contributed by atoms with Crippen LogP contribution in [0.5, 0.6) is 0 Å². The molecule has 3 amide bonds. The number of rotatable bonds is 8. The van der Waals surface area contributed by atoms with E-state index in [0.29, 0.717) is 38.2 Å². The molecule has 0 saturated carbocycles. The van der Waals surface area contributed by atoms with Crippen LogP contribution in [0.1, 0.15) is 50.6 Å². The van der Waals surface area contributed by atoms with E-state index in [2.05, 4.69) is 22.4 Å². The lowest BCUT2D eigenvalue weighted by Gasteiger charge is -2.54. The highest BCUT2D eigenvalue weighted by atomic mass is 16.3. The first-order chi connectivity index (χ1) is 19.8. The molecule has 5 heterocycles. The van der Waals surface area contributed by atoms with E-state index in [1.807, 2.05) is 48.8 Å². The lowest BCUT2D eigenvalue weighted by atomic mass is 9.67. The second kappa shape index (κ2) is 10.6. The molecule has 3 aromatic heterocycles. The summed E-state index contributed by atoms with van der Waals surface area (Å²) in [6.45, 7) is 7.87. The van der Waals surface area contributed by atoms with Crippen molar-refractivity contribution in [2.75, 3.05) is 19.6 Å². The molecule has 1 fully saturated rings. The quantitative estimate of drug-likeness (QED) is 0.323. The zero-order valence-electron chi connectivity index (χ0n) is 23.7. The lowest BCUT2D eigenvalue weighted by Crippen LogP contribution is -2.64. The van der Waals surface area contributed by atoms with Crippen molar-refractivity contribution < 1.29 is 23.2 Å². The first-order valence-corrected chi connectivity index (χ1v) is 14.4. The summed E-state index contributed by atoms with van der Waals surface area (Å²) in [5.74, 6) is 0.0472. The number of carbonyl (C=O) groups is 3. The van der Waals surface area contributed by atoms with Crippen LogP contribution in [-0.2, 0) is 32.9 Å². The van der Waals surface area contributed by atoms with Gasteiger partial charge in [-0.15, -0.1) is 0 Å². The van der Waals surface area contributed by atoms with Crippen molar-refractivity contribution in [1.29, 1.82) is 0 Å². The maximum atomic E-state index is 14.1. The van der Waals surface area contributed by atoms with Gasteiger partial charge in [-0.1, -0.05) is 12.1 Å². The summed E-state index contributed by atoms with van der Waals surface area (Å²) in [7, 11) is 0. The molecule has 41 heavy (non-hydrogen) atoms. The Morgan fingerprint density at radius 2 is 1.90 bits per heavy atom. The Morgan fingerprint density at radius 3 is 2.61 bits per heavy atom. The minimum atomic E-state index is -0.866. The fraction of sp³-hybridized carbons (Fsp3) is 0.406. The molecule has 6 rings (SSSR count). The van der Waals surface area contributed by atoms with Gasteiger partial charge in [0, 0.05) is 54.1 Å². The van der Waals surface area contributed by atoms with E-state index in [-0.39, 0.29) is 30.7 Å². The summed E-state index contributed by atoms with van der Waals surface area (Å²) in [6.07, 6.45) is 4.22. The summed E-state index contributed by atoms with van der Waals surface area (Å²) in [5, 5.41) is 3.96. The number of aromatic amines is 1. The van der Waals surface area contributed by atoms with Crippen molar-refractivity contribution >= 4 is 28.6 Å². The summed E-state index contributed by atoms with van der Waals surface area (Å²) >= 11 is 0. The zero-order chi connectivity index (χ0) is 28.7. The highest BCUT2D eigenvalue weighted by Crippen LogP contribution is 2.50. The van der Waals surface area contributed by atoms with Gasteiger partial charge in [-0.3, -0.25) is 14.4 Å². The normalized spacial score (nSPS) is 21.9. The Balaban J connectivity index is 1.36. The second-order valence-corrected chi connectivity index (χ2v) is 11.2. The Morgan fingerprint density at radius 1 is 1.12 bits per heavy atom. The van der Waals surface area contributed by atoms with Crippen LogP contribution in [0.3, 0.4) is 0 Å². The molecule has 0 bridgehead atoms. The largest absolute Gasteiger partial charge is 0.467 e. The molecular weight excluding hydrogens is 520 g/mol. The number of carbonyl (C=O) groups excluding carboxylic acids is 3. The molecule has 1 saturated heterocycles. The molecule has 2 N–H and O–H groups in total. The van der Waals surface area contributed by atoms with E-state index >= 15 is 0 Å². The smallest absolute Gasteiger partial charge is 0.228 e. The molecule has 9 nitrogen and oxygen atoms in total. The van der Waals surface area contributed by atoms with Gasteiger partial charge in [0.1, 0.15) is 11.5 Å². The third kappa shape index (κ3) is 4.53. The second-order valence-electron chi connectivity index (χ2n) is 11.2. The van der Waals surface area contributed by atoms with Gasteiger partial charge in [0.15, 0.2) is 0 Å². The molecule has 0 aliphatic carbocycles. The SMILES string of the molecule is CCN(CC)C(=O)[C@H]1C[C@H](CC(=O)NCc2ccco2)C(=O)N2CCc3c([nH]c4cc(-c5ccco5)ccc34)[C@]12C. The predicted octanol–water partition coefficient (Wildman–Crippen LogP) is 4.83. The number of nitrogens with zero attached hydrogens (tertiary/aromatic N) is 2. The molecule has 9 heteroatoms. The number of furan rings is 2.